The number of sulfone groups is 1. The van der Waals surface area contributed by atoms with Gasteiger partial charge in [-0.3, -0.25) is 4.79 Å². The number of aromatic nitrogens is 2. The molecule has 166 valence electrons. The highest BCUT2D eigenvalue weighted by atomic mass is 35.5. The summed E-state index contributed by atoms with van der Waals surface area (Å²) in [5.74, 6) is -0.480. The van der Waals surface area contributed by atoms with Gasteiger partial charge in [0.15, 0.2) is 21.3 Å². The number of carbonyl (C=O) groups excluding carboxylic acids is 1. The average Bonchev–Trinajstić information content (AvgIpc) is 2.72. The van der Waals surface area contributed by atoms with Gasteiger partial charge in [0.1, 0.15) is 0 Å². The van der Waals surface area contributed by atoms with E-state index in [0.29, 0.717) is 35.3 Å². The first kappa shape index (κ1) is 22.2. The zero-order valence-electron chi connectivity index (χ0n) is 17.2. The van der Waals surface area contributed by atoms with Crippen molar-refractivity contribution in [1.29, 1.82) is 0 Å². The molecule has 1 aliphatic heterocycles. The molecule has 4 rings (SSSR count). The minimum atomic E-state index is -3.41. The summed E-state index contributed by atoms with van der Waals surface area (Å²) >= 11 is 5.95. The first-order chi connectivity index (χ1) is 15.2. The molecule has 8 nitrogen and oxygen atoms in total. The fraction of sp³-hybridized carbons (Fsp3) is 0.227. The number of hydrogen-bond acceptors (Lipinski definition) is 7. The number of aryl methyl sites for hydroxylation is 1. The molecular weight excluding hydrogens is 452 g/mol. The molecule has 2 aromatic carbocycles. The molecule has 0 atom stereocenters. The van der Waals surface area contributed by atoms with Gasteiger partial charge in [-0.05, 0) is 43.3 Å². The largest absolute Gasteiger partial charge is 0.382 e. The molecule has 0 spiro atoms. The lowest BCUT2D eigenvalue weighted by Crippen LogP contribution is -2.33. The molecule has 1 aromatic heterocycles. The molecule has 32 heavy (non-hydrogen) atoms. The minimum absolute atomic E-state index is 0.000344. The van der Waals surface area contributed by atoms with Gasteiger partial charge in [0.25, 0.3) is 5.91 Å². The van der Waals surface area contributed by atoms with E-state index in [1.54, 1.807) is 31.2 Å². The maximum absolute atomic E-state index is 12.8. The van der Waals surface area contributed by atoms with Gasteiger partial charge in [0.2, 0.25) is 0 Å². The zero-order valence-corrected chi connectivity index (χ0v) is 18.8. The number of hydrogen-bond donors (Lipinski definition) is 2. The first-order valence-electron chi connectivity index (χ1n) is 9.85. The third kappa shape index (κ3) is 4.74. The van der Waals surface area contributed by atoms with E-state index in [2.05, 4.69) is 15.3 Å². The van der Waals surface area contributed by atoms with Gasteiger partial charge in [0.05, 0.1) is 35.2 Å². The van der Waals surface area contributed by atoms with Crippen LogP contribution in [0.4, 0.5) is 11.5 Å². The Balaban J connectivity index is 1.53. The van der Waals surface area contributed by atoms with E-state index in [1.165, 1.54) is 24.3 Å². The van der Waals surface area contributed by atoms with Crippen molar-refractivity contribution in [1.82, 2.24) is 9.97 Å². The van der Waals surface area contributed by atoms with Crippen LogP contribution >= 0.6 is 11.6 Å². The van der Waals surface area contributed by atoms with Gasteiger partial charge in [-0.2, -0.15) is 0 Å². The number of nitrogens with one attached hydrogen (secondary N) is 1. The van der Waals surface area contributed by atoms with Gasteiger partial charge >= 0.3 is 0 Å². The molecule has 0 radical (unpaired) electrons. The second-order valence-electron chi connectivity index (χ2n) is 7.56. The summed E-state index contributed by atoms with van der Waals surface area (Å²) in [6.45, 7) is 2.68. The summed E-state index contributed by atoms with van der Waals surface area (Å²) in [7, 11) is -3.41. The van der Waals surface area contributed by atoms with Crippen molar-refractivity contribution in [2.24, 2.45) is 5.92 Å². The summed E-state index contributed by atoms with van der Waals surface area (Å²) in [5.41, 5.74) is 8.18. The van der Waals surface area contributed by atoms with E-state index in [4.69, 9.17) is 22.1 Å². The van der Waals surface area contributed by atoms with Crippen molar-refractivity contribution in [3.63, 3.8) is 0 Å². The van der Waals surface area contributed by atoms with E-state index in [1.807, 2.05) is 0 Å². The Morgan fingerprint density at radius 1 is 1.12 bits per heavy atom. The molecule has 1 aliphatic rings. The highest BCUT2D eigenvalue weighted by Gasteiger charge is 2.26. The van der Waals surface area contributed by atoms with E-state index < -0.39 is 15.7 Å². The molecule has 0 aliphatic carbocycles. The quantitative estimate of drug-likeness (QED) is 0.563. The van der Waals surface area contributed by atoms with Crippen molar-refractivity contribution in [2.75, 3.05) is 30.0 Å². The Morgan fingerprint density at radius 2 is 1.78 bits per heavy atom. The minimum Gasteiger partial charge on any atom is -0.382 e. The van der Waals surface area contributed by atoms with Crippen LogP contribution in [0.1, 0.15) is 16.2 Å². The number of ether oxygens (including phenoxy) is 1. The van der Waals surface area contributed by atoms with Crippen molar-refractivity contribution < 1.29 is 17.9 Å². The molecular formula is C22H21ClN4O4S. The normalized spacial score (nSPS) is 14.1. The third-order valence-electron chi connectivity index (χ3n) is 5.06. The lowest BCUT2D eigenvalue weighted by Gasteiger charge is -2.25. The number of carbonyl (C=O) groups is 1. The maximum atomic E-state index is 12.8. The van der Waals surface area contributed by atoms with Crippen LogP contribution in [0.5, 0.6) is 0 Å². The van der Waals surface area contributed by atoms with Crippen molar-refractivity contribution >= 4 is 38.9 Å². The molecule has 0 saturated carbocycles. The number of nitrogens with two attached hydrogens (primary N) is 1. The fourth-order valence-corrected chi connectivity index (χ4v) is 4.99. The van der Waals surface area contributed by atoms with Gasteiger partial charge in [-0.15, -0.1) is 0 Å². The molecule has 1 saturated heterocycles. The summed E-state index contributed by atoms with van der Waals surface area (Å²) < 4.78 is 30.0. The Hall–Kier alpha value is -3.01. The summed E-state index contributed by atoms with van der Waals surface area (Å²) in [6.07, 6.45) is 0. The zero-order chi connectivity index (χ0) is 22.9. The van der Waals surface area contributed by atoms with Gasteiger partial charge in [-0.25, -0.2) is 18.4 Å². The lowest BCUT2D eigenvalue weighted by atomic mass is 10.1. The van der Waals surface area contributed by atoms with Crippen LogP contribution in [0.3, 0.4) is 0 Å². The van der Waals surface area contributed by atoms with E-state index in [9.17, 15) is 13.2 Å². The number of rotatable bonds is 6. The second-order valence-corrected chi connectivity index (χ2v) is 10.0. The van der Waals surface area contributed by atoms with Crippen LogP contribution in [0.2, 0.25) is 5.02 Å². The molecule has 2 heterocycles. The highest BCUT2D eigenvalue weighted by Crippen LogP contribution is 2.25. The summed E-state index contributed by atoms with van der Waals surface area (Å²) in [4.78, 5) is 21.7. The van der Waals surface area contributed by atoms with Crippen molar-refractivity contribution in [2.45, 2.75) is 11.8 Å². The van der Waals surface area contributed by atoms with Gasteiger partial charge < -0.3 is 15.8 Å². The molecule has 3 aromatic rings. The monoisotopic (exact) mass is 472 g/mol. The van der Waals surface area contributed by atoms with Crippen LogP contribution in [0, 0.1) is 12.8 Å². The van der Waals surface area contributed by atoms with Gasteiger partial charge in [0, 0.05) is 22.2 Å². The van der Waals surface area contributed by atoms with E-state index in [-0.39, 0.29) is 28.1 Å². The number of nitrogens with zero attached hydrogens (tertiary/aromatic N) is 2. The molecule has 1 amide bonds. The highest BCUT2D eigenvalue weighted by molar-refractivity contribution is 7.91. The molecule has 0 bridgehead atoms. The molecule has 1 fully saturated rings. The Kier molecular flexibility index (Phi) is 6.14. The number of amides is 1. The SMILES string of the molecule is Cc1nc(N)c(C(=O)Nc2ccc(S(=O)(=O)CC3COC3)cc2)nc1-c1ccc(Cl)cc1. The molecule has 0 unspecified atom stereocenters. The predicted molar refractivity (Wildman–Crippen MR) is 122 cm³/mol. The fourth-order valence-electron chi connectivity index (χ4n) is 3.31. The number of nitrogen functional groups attached to an aromatic ring is 1. The number of halogens is 1. The van der Waals surface area contributed by atoms with Crippen LogP contribution < -0.4 is 11.1 Å². The lowest BCUT2D eigenvalue weighted by molar-refractivity contribution is -0.0204. The smallest absolute Gasteiger partial charge is 0.278 e. The summed E-state index contributed by atoms with van der Waals surface area (Å²) in [5, 5.41) is 3.27. The topological polar surface area (TPSA) is 124 Å². The van der Waals surface area contributed by atoms with Gasteiger partial charge in [-0.1, -0.05) is 23.7 Å². The second kappa shape index (κ2) is 8.85. The first-order valence-corrected chi connectivity index (χ1v) is 11.9. The Morgan fingerprint density at radius 3 is 2.38 bits per heavy atom. The van der Waals surface area contributed by atoms with Crippen LogP contribution in [0.15, 0.2) is 53.4 Å². The summed E-state index contributed by atoms with van der Waals surface area (Å²) in [6, 6.07) is 13.0. The van der Waals surface area contributed by atoms with Crippen molar-refractivity contribution in [3.05, 3.63) is 64.9 Å². The number of benzene rings is 2. The Bertz CT molecular complexity index is 1260. The molecule has 3 N–H and O–H groups in total. The van der Waals surface area contributed by atoms with E-state index >= 15 is 0 Å². The predicted octanol–water partition coefficient (Wildman–Crippen LogP) is 3.36. The average molecular weight is 473 g/mol. The van der Waals surface area contributed by atoms with Crippen LogP contribution in [-0.4, -0.2) is 43.3 Å². The van der Waals surface area contributed by atoms with Crippen molar-refractivity contribution in [3.8, 4) is 11.3 Å². The standard InChI is InChI=1S/C22H21ClN4O4S/c1-13-19(15-2-4-16(23)5-3-15)27-20(21(24)25-13)22(28)26-17-6-8-18(9-7-17)32(29,30)12-14-10-31-11-14/h2-9,14H,10-12H2,1H3,(H2,24,25)(H,26,28). The maximum Gasteiger partial charge on any atom is 0.278 e. The van der Waals surface area contributed by atoms with Crippen LogP contribution in [0.25, 0.3) is 11.3 Å². The third-order valence-corrected chi connectivity index (χ3v) is 7.22. The van der Waals surface area contributed by atoms with Crippen LogP contribution in [-0.2, 0) is 14.6 Å². The Labute approximate surface area is 190 Å². The molecule has 10 heteroatoms. The van der Waals surface area contributed by atoms with E-state index in [0.717, 1.165) is 5.56 Å². The number of anilines is 2.